The number of halogens is 1. The van der Waals surface area contributed by atoms with Crippen LogP contribution in [0.15, 0.2) is 63.8 Å². The number of methoxy groups -OCH3 is 1. The van der Waals surface area contributed by atoms with E-state index >= 15 is 0 Å². The Morgan fingerprint density at radius 1 is 1.17 bits per heavy atom. The van der Waals surface area contributed by atoms with E-state index in [1.807, 2.05) is 0 Å². The molecule has 148 valence electrons. The monoisotopic (exact) mass is 455 g/mol. The van der Waals surface area contributed by atoms with E-state index in [2.05, 4.69) is 15.9 Å². The number of amides is 1. The third-order valence-corrected chi connectivity index (χ3v) is 5.08. The van der Waals surface area contributed by atoms with Gasteiger partial charge >= 0.3 is 5.97 Å². The molecule has 0 fully saturated rings. The summed E-state index contributed by atoms with van der Waals surface area (Å²) in [5.74, 6) is -1.29. The lowest BCUT2D eigenvalue weighted by Gasteiger charge is -2.18. The molecule has 1 aliphatic heterocycles. The number of nitrogens with zero attached hydrogens (tertiary/aromatic N) is 1. The van der Waals surface area contributed by atoms with Crippen molar-refractivity contribution in [1.82, 2.24) is 0 Å². The Morgan fingerprint density at radius 3 is 2.55 bits per heavy atom. The van der Waals surface area contributed by atoms with E-state index < -0.39 is 11.9 Å². The van der Waals surface area contributed by atoms with Crippen molar-refractivity contribution in [3.05, 3.63) is 74.9 Å². The van der Waals surface area contributed by atoms with Gasteiger partial charge in [0, 0.05) is 27.0 Å². The molecule has 0 aliphatic carbocycles. The van der Waals surface area contributed by atoms with Crippen molar-refractivity contribution in [2.75, 3.05) is 12.0 Å². The van der Waals surface area contributed by atoms with Crippen LogP contribution >= 0.6 is 15.9 Å². The molecule has 0 saturated heterocycles. The molecule has 1 amide bonds. The minimum absolute atomic E-state index is 0.0348. The molecular formula is C22H18BrNO5. The van der Waals surface area contributed by atoms with Gasteiger partial charge in [0.1, 0.15) is 5.75 Å². The maximum Gasteiger partial charge on any atom is 0.340 e. The van der Waals surface area contributed by atoms with E-state index in [0.717, 1.165) is 0 Å². The van der Waals surface area contributed by atoms with Gasteiger partial charge in [-0.15, -0.1) is 0 Å². The second-order valence-electron chi connectivity index (χ2n) is 6.46. The quantitative estimate of drug-likeness (QED) is 0.423. The molecule has 0 radical (unpaired) electrons. The van der Waals surface area contributed by atoms with Crippen LogP contribution in [0.5, 0.6) is 5.75 Å². The van der Waals surface area contributed by atoms with Crippen molar-refractivity contribution in [3.8, 4) is 5.75 Å². The number of carbonyl (C=O) groups is 3. The van der Waals surface area contributed by atoms with Gasteiger partial charge in [-0.3, -0.25) is 14.5 Å². The second-order valence-corrected chi connectivity index (χ2v) is 7.38. The van der Waals surface area contributed by atoms with E-state index in [1.165, 1.54) is 31.1 Å². The molecule has 1 aliphatic rings. The van der Waals surface area contributed by atoms with E-state index in [1.54, 1.807) is 43.3 Å². The summed E-state index contributed by atoms with van der Waals surface area (Å²) in [7, 11) is 1.24. The van der Waals surface area contributed by atoms with Gasteiger partial charge in [-0.1, -0.05) is 28.1 Å². The molecule has 0 aromatic heterocycles. The summed E-state index contributed by atoms with van der Waals surface area (Å²) in [5.41, 5.74) is 1.86. The third-order valence-electron chi connectivity index (χ3n) is 4.59. The number of anilines is 1. The van der Waals surface area contributed by atoms with Crippen LogP contribution in [-0.2, 0) is 14.3 Å². The first-order valence-electron chi connectivity index (χ1n) is 8.69. The standard InChI is InChI=1S/C22H18BrNO5/c1-12-20(22(28)29-3)18(11-15-9-16(23)7-8-19(15)26)21(27)24(12)17-6-4-5-14(10-17)13(2)25/h4-11,26H,1-3H3/b18-11-. The predicted molar refractivity (Wildman–Crippen MR) is 112 cm³/mol. The molecule has 7 heteroatoms. The number of esters is 1. The lowest BCUT2D eigenvalue weighted by molar-refractivity contribution is -0.136. The summed E-state index contributed by atoms with van der Waals surface area (Å²) >= 11 is 3.33. The van der Waals surface area contributed by atoms with Crippen LogP contribution in [0, 0.1) is 0 Å². The fourth-order valence-electron chi connectivity index (χ4n) is 3.15. The maximum atomic E-state index is 13.3. The van der Waals surface area contributed by atoms with Gasteiger partial charge in [-0.2, -0.15) is 0 Å². The van der Waals surface area contributed by atoms with Gasteiger partial charge in [0.05, 0.1) is 18.3 Å². The fourth-order valence-corrected chi connectivity index (χ4v) is 3.53. The van der Waals surface area contributed by atoms with Crippen LogP contribution < -0.4 is 4.90 Å². The Hall–Kier alpha value is -3.19. The van der Waals surface area contributed by atoms with Crippen molar-refractivity contribution < 1.29 is 24.2 Å². The number of hydrogen-bond acceptors (Lipinski definition) is 5. The van der Waals surface area contributed by atoms with Gasteiger partial charge in [0.15, 0.2) is 5.78 Å². The van der Waals surface area contributed by atoms with Crippen molar-refractivity contribution in [2.45, 2.75) is 13.8 Å². The molecule has 1 heterocycles. The number of phenols is 1. The van der Waals surface area contributed by atoms with E-state index in [9.17, 15) is 19.5 Å². The zero-order chi connectivity index (χ0) is 21.3. The lowest BCUT2D eigenvalue weighted by Crippen LogP contribution is -2.24. The number of ether oxygens (including phenoxy) is 1. The Morgan fingerprint density at radius 2 is 1.90 bits per heavy atom. The van der Waals surface area contributed by atoms with Gasteiger partial charge in [-0.05, 0) is 50.3 Å². The average molecular weight is 456 g/mol. The maximum absolute atomic E-state index is 13.3. The van der Waals surface area contributed by atoms with Gasteiger partial charge in [-0.25, -0.2) is 4.79 Å². The zero-order valence-electron chi connectivity index (χ0n) is 16.0. The number of phenolic OH excluding ortho intramolecular Hbond substituents is 1. The Balaban J connectivity index is 2.18. The first kappa shape index (κ1) is 20.5. The number of allylic oxidation sites excluding steroid dienone is 1. The predicted octanol–water partition coefficient (Wildman–Crippen LogP) is 4.23. The Bertz CT molecular complexity index is 1100. The van der Waals surface area contributed by atoms with Gasteiger partial charge in [0.2, 0.25) is 0 Å². The fraction of sp³-hybridized carbons (Fsp3) is 0.136. The SMILES string of the molecule is COC(=O)C1=C(C)N(c2cccc(C(C)=O)c2)C(=O)/C1=C\c1cc(Br)ccc1O. The molecule has 0 atom stereocenters. The normalized spacial score (nSPS) is 15.2. The van der Waals surface area contributed by atoms with Crippen molar-refractivity contribution in [2.24, 2.45) is 0 Å². The van der Waals surface area contributed by atoms with Crippen LogP contribution in [0.25, 0.3) is 6.08 Å². The highest BCUT2D eigenvalue weighted by Gasteiger charge is 2.38. The highest BCUT2D eigenvalue weighted by Crippen LogP contribution is 2.37. The second kappa shape index (κ2) is 8.05. The first-order chi connectivity index (χ1) is 13.7. The third kappa shape index (κ3) is 3.86. The molecule has 0 spiro atoms. The van der Waals surface area contributed by atoms with Crippen molar-refractivity contribution in [3.63, 3.8) is 0 Å². The van der Waals surface area contributed by atoms with E-state index in [4.69, 9.17) is 4.74 Å². The largest absolute Gasteiger partial charge is 0.507 e. The van der Waals surface area contributed by atoms with E-state index in [0.29, 0.717) is 27.0 Å². The molecule has 2 aromatic carbocycles. The van der Waals surface area contributed by atoms with Gasteiger partial charge < -0.3 is 9.84 Å². The summed E-state index contributed by atoms with van der Waals surface area (Å²) < 4.78 is 5.59. The average Bonchev–Trinajstić information content (AvgIpc) is 2.94. The van der Waals surface area contributed by atoms with Crippen LogP contribution in [0.2, 0.25) is 0 Å². The molecule has 1 N–H and O–H groups in total. The highest BCUT2D eigenvalue weighted by atomic mass is 79.9. The summed E-state index contributed by atoms with van der Waals surface area (Å²) in [4.78, 5) is 38.8. The number of Topliss-reactive ketones (excluding diaryl/α,β-unsaturated/α-hetero) is 1. The molecule has 29 heavy (non-hydrogen) atoms. The van der Waals surface area contributed by atoms with Crippen LogP contribution in [0.3, 0.4) is 0 Å². The van der Waals surface area contributed by atoms with Crippen molar-refractivity contribution >= 4 is 45.4 Å². The Kier molecular flexibility index (Phi) is 5.70. The van der Waals surface area contributed by atoms with Crippen LogP contribution in [0.1, 0.15) is 29.8 Å². The topological polar surface area (TPSA) is 83.9 Å². The first-order valence-corrected chi connectivity index (χ1v) is 9.49. The highest BCUT2D eigenvalue weighted by molar-refractivity contribution is 9.10. The summed E-state index contributed by atoms with van der Waals surface area (Å²) in [5, 5.41) is 10.1. The summed E-state index contributed by atoms with van der Waals surface area (Å²) in [6.07, 6.45) is 1.45. The molecule has 2 aromatic rings. The number of carbonyl (C=O) groups excluding carboxylic acids is 3. The molecule has 0 unspecified atom stereocenters. The molecule has 3 rings (SSSR count). The van der Waals surface area contributed by atoms with Crippen molar-refractivity contribution in [1.29, 1.82) is 0 Å². The number of benzene rings is 2. The summed E-state index contributed by atoms with van der Waals surface area (Å²) in [6.45, 7) is 3.07. The number of rotatable bonds is 4. The number of aromatic hydroxyl groups is 1. The number of ketones is 1. The summed E-state index contributed by atoms with van der Waals surface area (Å²) in [6, 6.07) is 11.4. The van der Waals surface area contributed by atoms with Crippen LogP contribution in [0.4, 0.5) is 5.69 Å². The molecule has 0 saturated carbocycles. The van der Waals surface area contributed by atoms with E-state index in [-0.39, 0.29) is 22.7 Å². The number of hydrogen-bond donors (Lipinski definition) is 1. The smallest absolute Gasteiger partial charge is 0.340 e. The molecule has 0 bridgehead atoms. The minimum Gasteiger partial charge on any atom is -0.507 e. The minimum atomic E-state index is -0.665. The Labute approximate surface area is 176 Å². The molecule has 6 nitrogen and oxygen atoms in total. The zero-order valence-corrected chi connectivity index (χ0v) is 17.6. The van der Waals surface area contributed by atoms with Crippen LogP contribution in [-0.4, -0.2) is 29.9 Å². The lowest BCUT2D eigenvalue weighted by atomic mass is 10.0. The molecular weight excluding hydrogens is 438 g/mol. The van der Waals surface area contributed by atoms with Gasteiger partial charge in [0.25, 0.3) is 5.91 Å².